The van der Waals surface area contributed by atoms with Gasteiger partial charge >= 0.3 is 13.7 Å². The van der Waals surface area contributed by atoms with E-state index in [4.69, 9.17) is 35.9 Å². The SMILES string of the molecule is CC(C)C[C@H](NP(=O)(OC[C@@H]1CC[C@H](n2c(Cl)nc3c(N)ncnc32)O1)Oc1cccc2ccccc12)C(=O)OCc1ccccc1. The van der Waals surface area contributed by atoms with Gasteiger partial charge in [-0.15, -0.1) is 0 Å². The molecule has 3 N–H and O–H groups in total. The van der Waals surface area contributed by atoms with Crippen LogP contribution in [0.5, 0.6) is 5.75 Å². The van der Waals surface area contributed by atoms with E-state index in [1.807, 2.05) is 80.6 Å². The Balaban J connectivity index is 1.22. The molecule has 6 rings (SSSR count). The number of hydrogen-bond donors (Lipinski definition) is 2. The van der Waals surface area contributed by atoms with Crippen molar-refractivity contribution < 1.29 is 27.9 Å². The van der Waals surface area contributed by atoms with Gasteiger partial charge in [0.15, 0.2) is 17.0 Å². The van der Waals surface area contributed by atoms with Crippen LogP contribution in [0.2, 0.25) is 5.28 Å². The third kappa shape index (κ3) is 7.75. The van der Waals surface area contributed by atoms with E-state index >= 15 is 0 Å². The third-order valence-electron chi connectivity index (χ3n) is 7.76. The number of hydrogen-bond acceptors (Lipinski definition) is 10. The van der Waals surface area contributed by atoms with Crippen molar-refractivity contribution in [2.24, 2.45) is 5.92 Å². The van der Waals surface area contributed by atoms with Crippen LogP contribution in [-0.2, 0) is 30.0 Å². The number of benzene rings is 3. The number of nitrogen functional groups attached to an aromatic ring is 1. The van der Waals surface area contributed by atoms with Gasteiger partial charge in [0.25, 0.3) is 0 Å². The van der Waals surface area contributed by atoms with Gasteiger partial charge in [0.1, 0.15) is 31.0 Å². The molecular weight excluding hydrogens is 643 g/mol. The number of rotatable bonds is 13. The van der Waals surface area contributed by atoms with Crippen LogP contribution in [0.3, 0.4) is 0 Å². The monoisotopic (exact) mass is 678 g/mol. The smallest absolute Gasteiger partial charge is 0.459 e. The second-order valence-corrected chi connectivity index (χ2v) is 13.8. The number of imidazole rings is 1. The molecule has 47 heavy (non-hydrogen) atoms. The highest BCUT2D eigenvalue weighted by Gasteiger charge is 2.38. The molecule has 0 saturated carbocycles. The molecule has 1 aliphatic rings. The van der Waals surface area contributed by atoms with Crippen LogP contribution >= 0.6 is 19.3 Å². The van der Waals surface area contributed by atoms with Crippen LogP contribution in [-0.4, -0.2) is 44.2 Å². The minimum atomic E-state index is -4.21. The summed E-state index contributed by atoms with van der Waals surface area (Å²) in [4.78, 5) is 26.0. The largest absolute Gasteiger partial charge is 0.460 e. The molecule has 0 radical (unpaired) electrons. The summed E-state index contributed by atoms with van der Waals surface area (Å²) in [5.41, 5.74) is 7.64. The molecule has 2 aromatic heterocycles. The van der Waals surface area contributed by atoms with Crippen molar-refractivity contribution in [1.29, 1.82) is 0 Å². The molecule has 12 nitrogen and oxygen atoms in total. The Bertz CT molecular complexity index is 1900. The van der Waals surface area contributed by atoms with E-state index in [0.717, 1.165) is 16.3 Å². The summed E-state index contributed by atoms with van der Waals surface area (Å²) in [7, 11) is -4.21. The number of anilines is 1. The summed E-state index contributed by atoms with van der Waals surface area (Å²) in [5.74, 6) is 0.0608. The zero-order valence-electron chi connectivity index (χ0n) is 26.0. The van der Waals surface area contributed by atoms with E-state index in [-0.39, 0.29) is 30.2 Å². The van der Waals surface area contributed by atoms with Crippen molar-refractivity contribution in [3.8, 4) is 5.75 Å². The fourth-order valence-electron chi connectivity index (χ4n) is 5.52. The first kappa shape index (κ1) is 32.9. The first-order chi connectivity index (χ1) is 22.7. The highest BCUT2D eigenvalue weighted by Crippen LogP contribution is 2.48. The zero-order valence-corrected chi connectivity index (χ0v) is 27.6. The van der Waals surface area contributed by atoms with Crippen LogP contribution in [0, 0.1) is 5.92 Å². The number of aromatic nitrogens is 4. The minimum absolute atomic E-state index is 0.0642. The van der Waals surface area contributed by atoms with Crippen molar-refractivity contribution in [3.05, 3.63) is 90.0 Å². The highest BCUT2D eigenvalue weighted by molar-refractivity contribution is 7.52. The number of ether oxygens (including phenoxy) is 2. The molecule has 3 heterocycles. The summed E-state index contributed by atoms with van der Waals surface area (Å²) < 4.78 is 40.5. The number of nitrogens with one attached hydrogen (secondary N) is 1. The summed E-state index contributed by atoms with van der Waals surface area (Å²) >= 11 is 6.45. The quantitative estimate of drug-likeness (QED) is 0.0764. The first-order valence-corrected chi connectivity index (χ1v) is 17.3. The second kappa shape index (κ2) is 14.4. The fraction of sp³-hybridized carbons (Fsp3) is 0.333. The van der Waals surface area contributed by atoms with Gasteiger partial charge < -0.3 is 19.7 Å². The molecule has 4 atom stereocenters. The number of carbonyl (C=O) groups is 1. The van der Waals surface area contributed by atoms with Gasteiger partial charge in [-0.05, 0) is 53.8 Å². The topological polar surface area (TPSA) is 153 Å². The minimum Gasteiger partial charge on any atom is -0.460 e. The van der Waals surface area contributed by atoms with E-state index in [9.17, 15) is 9.36 Å². The summed E-state index contributed by atoms with van der Waals surface area (Å²) in [6.07, 6.45) is 1.80. The molecule has 0 aliphatic carbocycles. The maximum absolute atomic E-state index is 14.6. The van der Waals surface area contributed by atoms with Crippen molar-refractivity contribution >= 4 is 53.1 Å². The molecule has 5 aromatic rings. The Morgan fingerprint density at radius 1 is 1.09 bits per heavy atom. The van der Waals surface area contributed by atoms with Crippen molar-refractivity contribution in [1.82, 2.24) is 24.6 Å². The van der Waals surface area contributed by atoms with Gasteiger partial charge in [-0.25, -0.2) is 19.5 Å². The van der Waals surface area contributed by atoms with Crippen LogP contribution in [0.4, 0.5) is 5.82 Å². The normalized spacial score (nSPS) is 18.4. The van der Waals surface area contributed by atoms with E-state index in [0.29, 0.717) is 36.2 Å². The van der Waals surface area contributed by atoms with Crippen LogP contribution in [0.1, 0.15) is 44.9 Å². The Kier molecular flexibility index (Phi) is 10.0. The van der Waals surface area contributed by atoms with Crippen LogP contribution in [0.25, 0.3) is 21.9 Å². The standard InChI is InChI=1S/C33H36ClN6O6P/c1-21(2)17-26(32(41)43-18-22-9-4-3-5-10-22)39-47(42,46-27-14-8-12-23-11-6-7-13-25(23)27)44-19-24-15-16-28(45-24)40-31-29(38-33(40)34)30(35)36-20-37-31/h3-14,20-21,24,26,28H,15-19H2,1-2H3,(H,39,42)(H2,35,36,37)/t24-,26-,28+,47?/m0/s1. The summed E-state index contributed by atoms with van der Waals surface area (Å²) in [6.45, 7) is 3.91. The van der Waals surface area contributed by atoms with Gasteiger partial charge in [-0.2, -0.15) is 5.09 Å². The van der Waals surface area contributed by atoms with Gasteiger partial charge in [0, 0.05) is 5.39 Å². The molecule has 0 amide bonds. The van der Waals surface area contributed by atoms with Crippen LogP contribution in [0.15, 0.2) is 79.1 Å². The highest BCUT2D eigenvalue weighted by atomic mass is 35.5. The maximum atomic E-state index is 14.6. The first-order valence-electron chi connectivity index (χ1n) is 15.4. The van der Waals surface area contributed by atoms with E-state index in [2.05, 4.69) is 20.0 Å². The molecule has 14 heteroatoms. The lowest BCUT2D eigenvalue weighted by Crippen LogP contribution is -2.39. The Hall–Kier alpha value is -4.06. The average Bonchev–Trinajstić information content (AvgIpc) is 3.67. The van der Waals surface area contributed by atoms with Crippen molar-refractivity contribution in [2.75, 3.05) is 12.3 Å². The molecule has 246 valence electrons. The van der Waals surface area contributed by atoms with Gasteiger partial charge in [0.2, 0.25) is 5.28 Å². The fourth-order valence-corrected chi connectivity index (χ4v) is 7.35. The molecule has 1 aliphatic heterocycles. The maximum Gasteiger partial charge on any atom is 0.459 e. The van der Waals surface area contributed by atoms with Crippen LogP contribution < -0.4 is 15.3 Å². The summed E-state index contributed by atoms with van der Waals surface area (Å²) in [5, 5.41) is 4.73. The van der Waals surface area contributed by atoms with Crippen molar-refractivity contribution in [3.63, 3.8) is 0 Å². The Morgan fingerprint density at radius 2 is 1.85 bits per heavy atom. The number of halogens is 1. The van der Waals surface area contributed by atoms with E-state index < -0.39 is 32.1 Å². The number of nitrogens with zero attached hydrogens (tertiary/aromatic N) is 4. The Morgan fingerprint density at radius 3 is 2.66 bits per heavy atom. The molecule has 3 aromatic carbocycles. The third-order valence-corrected chi connectivity index (χ3v) is 9.58. The van der Waals surface area contributed by atoms with Gasteiger partial charge in [0.05, 0.1) is 12.7 Å². The summed E-state index contributed by atoms with van der Waals surface area (Å²) in [6, 6.07) is 21.4. The number of fused-ring (bicyclic) bond motifs is 2. The molecule has 1 fully saturated rings. The number of esters is 1. The van der Waals surface area contributed by atoms with Gasteiger partial charge in [-0.1, -0.05) is 80.6 Å². The lowest BCUT2D eigenvalue weighted by molar-refractivity contribution is -0.147. The Labute approximate surface area is 277 Å². The lowest BCUT2D eigenvalue weighted by Gasteiger charge is -2.27. The molecular formula is C33H36ClN6O6P. The number of carbonyl (C=O) groups excluding carboxylic acids is 1. The average molecular weight is 679 g/mol. The second-order valence-electron chi connectivity index (χ2n) is 11.7. The molecule has 1 saturated heterocycles. The molecule has 1 unspecified atom stereocenters. The molecule has 0 bridgehead atoms. The van der Waals surface area contributed by atoms with Crippen molar-refractivity contribution in [2.45, 2.75) is 58.1 Å². The number of nitrogens with two attached hydrogens (primary N) is 1. The predicted molar refractivity (Wildman–Crippen MR) is 179 cm³/mol. The zero-order chi connectivity index (χ0) is 33.0. The van der Waals surface area contributed by atoms with E-state index in [1.165, 1.54) is 6.33 Å². The molecule has 0 spiro atoms. The predicted octanol–water partition coefficient (Wildman–Crippen LogP) is 6.84. The van der Waals surface area contributed by atoms with Gasteiger partial charge in [-0.3, -0.25) is 13.9 Å². The lowest BCUT2D eigenvalue weighted by atomic mass is 10.1. The van der Waals surface area contributed by atoms with E-state index in [1.54, 1.807) is 10.6 Å².